The van der Waals surface area contributed by atoms with Crippen LogP contribution in [0.4, 0.5) is 0 Å². The molecular formula is C20H29NO3. The molecule has 1 aromatic carbocycles. The number of benzene rings is 1. The van der Waals surface area contributed by atoms with Crippen molar-refractivity contribution < 1.29 is 14.6 Å². The zero-order chi connectivity index (χ0) is 18.3. The smallest absolute Gasteiger partial charge is 0.335 e. The highest BCUT2D eigenvalue weighted by molar-refractivity contribution is 5.74. The fraction of sp³-hybridized carbons (Fsp3) is 0.450. The Morgan fingerprint density at radius 3 is 2.46 bits per heavy atom. The van der Waals surface area contributed by atoms with Crippen LogP contribution in [0.25, 0.3) is 5.57 Å². The van der Waals surface area contributed by atoms with Crippen LogP contribution in [0, 0.1) is 0 Å². The summed E-state index contributed by atoms with van der Waals surface area (Å²) in [5.41, 5.74) is 8.91. The molecule has 4 heteroatoms. The Labute approximate surface area is 145 Å². The van der Waals surface area contributed by atoms with Gasteiger partial charge >= 0.3 is 5.97 Å². The predicted octanol–water partition coefficient (Wildman–Crippen LogP) is 3.19. The van der Waals surface area contributed by atoms with Gasteiger partial charge in [-0.2, -0.15) is 0 Å². The van der Waals surface area contributed by atoms with Crippen molar-refractivity contribution in [3.8, 4) is 0 Å². The number of nitrogens with two attached hydrogens (primary N) is 1. The Morgan fingerprint density at radius 2 is 1.96 bits per heavy atom. The molecule has 3 N–H and O–H groups in total. The van der Waals surface area contributed by atoms with E-state index in [1.807, 2.05) is 57.2 Å². The predicted molar refractivity (Wildman–Crippen MR) is 98.5 cm³/mol. The van der Waals surface area contributed by atoms with Crippen LogP contribution in [0.15, 0.2) is 43.0 Å². The van der Waals surface area contributed by atoms with Crippen molar-refractivity contribution in [2.45, 2.75) is 51.7 Å². The maximum atomic E-state index is 11.6. The molecule has 132 valence electrons. The molecule has 0 unspecified atom stereocenters. The molecule has 4 nitrogen and oxygen atoms in total. The summed E-state index contributed by atoms with van der Waals surface area (Å²) in [5.74, 6) is -0.623. The van der Waals surface area contributed by atoms with Crippen LogP contribution in [0.2, 0.25) is 0 Å². The summed E-state index contributed by atoms with van der Waals surface area (Å²) in [4.78, 5) is 11.6. The van der Waals surface area contributed by atoms with Gasteiger partial charge in [-0.3, -0.25) is 0 Å². The fourth-order valence-electron chi connectivity index (χ4n) is 2.50. The molecule has 0 spiro atoms. The van der Waals surface area contributed by atoms with Crippen LogP contribution in [0.1, 0.15) is 45.2 Å². The molecule has 0 bridgehead atoms. The van der Waals surface area contributed by atoms with E-state index < -0.39 is 17.5 Å². The van der Waals surface area contributed by atoms with Gasteiger partial charge in [-0.25, -0.2) is 4.79 Å². The molecule has 0 heterocycles. The lowest BCUT2D eigenvalue weighted by atomic mass is 9.76. The average molecular weight is 331 g/mol. The second kappa shape index (κ2) is 8.81. The van der Waals surface area contributed by atoms with E-state index in [1.54, 1.807) is 6.92 Å². The van der Waals surface area contributed by atoms with Crippen LogP contribution < -0.4 is 5.73 Å². The number of allylic oxidation sites excluding steroid dienone is 3. The van der Waals surface area contributed by atoms with Crippen LogP contribution >= 0.6 is 0 Å². The van der Waals surface area contributed by atoms with Crippen molar-refractivity contribution in [2.75, 3.05) is 6.61 Å². The zero-order valence-electron chi connectivity index (χ0n) is 15.1. The van der Waals surface area contributed by atoms with Crippen molar-refractivity contribution in [1.82, 2.24) is 0 Å². The first kappa shape index (κ1) is 20.1. The molecule has 0 amide bonds. The SMILES string of the molecule is C=C(/C=C\C)c1ccc(C(C)(C)[C@@H](N)C[C@@H](O)C(=O)OCC)cc1. The highest BCUT2D eigenvalue weighted by atomic mass is 16.5. The van der Waals surface area contributed by atoms with Gasteiger partial charge in [0.1, 0.15) is 0 Å². The largest absolute Gasteiger partial charge is 0.464 e. The minimum Gasteiger partial charge on any atom is -0.464 e. The standard InChI is InChI=1S/C20H29NO3/c1-6-8-14(3)15-9-11-16(12-10-15)20(4,5)18(21)13-17(22)19(23)24-7-2/h6,8-12,17-18,22H,3,7,13,21H2,1-2,4-5H3/b8-6-/t17-,18+/m1/s1. The van der Waals surface area contributed by atoms with Crippen LogP contribution in [0.3, 0.4) is 0 Å². The van der Waals surface area contributed by atoms with Gasteiger partial charge in [0.2, 0.25) is 0 Å². The molecule has 0 aliphatic rings. The van der Waals surface area contributed by atoms with E-state index >= 15 is 0 Å². The minimum atomic E-state index is -1.20. The lowest BCUT2D eigenvalue weighted by Gasteiger charge is -2.33. The molecule has 1 aromatic rings. The van der Waals surface area contributed by atoms with Gasteiger partial charge in [0.15, 0.2) is 6.10 Å². The van der Waals surface area contributed by atoms with Crippen molar-refractivity contribution in [3.63, 3.8) is 0 Å². The summed E-state index contributed by atoms with van der Waals surface area (Å²) in [6, 6.07) is 7.66. The van der Waals surface area contributed by atoms with Gasteiger partial charge in [-0.15, -0.1) is 0 Å². The summed E-state index contributed by atoms with van der Waals surface area (Å²) in [6.45, 7) is 11.9. The molecule has 1 rings (SSSR count). The summed E-state index contributed by atoms with van der Waals surface area (Å²) in [6.07, 6.45) is 2.86. The summed E-state index contributed by atoms with van der Waals surface area (Å²) in [5, 5.41) is 9.93. The van der Waals surface area contributed by atoms with Gasteiger partial charge in [0.05, 0.1) is 6.61 Å². The Hall–Kier alpha value is -1.91. The fourth-order valence-corrected chi connectivity index (χ4v) is 2.50. The number of aliphatic hydroxyl groups is 1. The summed E-state index contributed by atoms with van der Waals surface area (Å²) >= 11 is 0. The third-order valence-corrected chi connectivity index (χ3v) is 4.33. The number of aliphatic hydroxyl groups excluding tert-OH is 1. The zero-order valence-corrected chi connectivity index (χ0v) is 15.1. The van der Waals surface area contributed by atoms with Gasteiger partial charge in [-0.05, 0) is 30.5 Å². The lowest BCUT2D eigenvalue weighted by molar-refractivity contribution is -0.153. The van der Waals surface area contributed by atoms with Crippen LogP contribution in [-0.4, -0.2) is 29.8 Å². The molecule has 0 saturated heterocycles. The molecule has 24 heavy (non-hydrogen) atoms. The average Bonchev–Trinajstić information content (AvgIpc) is 2.55. The second-order valence-electron chi connectivity index (χ2n) is 6.43. The third-order valence-electron chi connectivity index (χ3n) is 4.33. The quantitative estimate of drug-likeness (QED) is 0.567. The monoisotopic (exact) mass is 331 g/mol. The molecule has 2 atom stereocenters. The van der Waals surface area contributed by atoms with Crippen molar-refractivity contribution in [2.24, 2.45) is 5.73 Å². The Bertz CT molecular complexity index is 587. The van der Waals surface area contributed by atoms with E-state index in [2.05, 4.69) is 6.58 Å². The Kier molecular flexibility index (Phi) is 7.39. The highest BCUT2D eigenvalue weighted by Crippen LogP contribution is 2.29. The first-order valence-corrected chi connectivity index (χ1v) is 8.26. The topological polar surface area (TPSA) is 72.5 Å². The number of carbonyl (C=O) groups excluding carboxylic acids is 1. The van der Waals surface area contributed by atoms with Crippen LogP contribution in [0.5, 0.6) is 0 Å². The van der Waals surface area contributed by atoms with E-state index in [0.29, 0.717) is 0 Å². The van der Waals surface area contributed by atoms with E-state index in [0.717, 1.165) is 16.7 Å². The van der Waals surface area contributed by atoms with Gasteiger partial charge in [0, 0.05) is 17.9 Å². The highest BCUT2D eigenvalue weighted by Gasteiger charge is 2.32. The first-order chi connectivity index (χ1) is 11.2. The third kappa shape index (κ3) is 5.05. The number of esters is 1. The second-order valence-corrected chi connectivity index (χ2v) is 6.43. The van der Waals surface area contributed by atoms with Crippen molar-refractivity contribution in [1.29, 1.82) is 0 Å². The normalized spacial score (nSPS) is 14.4. The molecule has 0 aliphatic carbocycles. The summed E-state index contributed by atoms with van der Waals surface area (Å²) < 4.78 is 4.83. The minimum absolute atomic E-state index is 0.152. The molecule has 0 radical (unpaired) electrons. The number of hydrogen-bond donors (Lipinski definition) is 2. The van der Waals surface area contributed by atoms with Crippen LogP contribution in [-0.2, 0) is 14.9 Å². The molecule has 0 aliphatic heterocycles. The first-order valence-electron chi connectivity index (χ1n) is 8.26. The van der Waals surface area contributed by atoms with Crippen molar-refractivity contribution >= 4 is 11.5 Å². The van der Waals surface area contributed by atoms with E-state index in [1.165, 1.54) is 0 Å². The van der Waals surface area contributed by atoms with Gasteiger partial charge < -0.3 is 15.6 Å². The number of hydrogen-bond acceptors (Lipinski definition) is 4. The maximum absolute atomic E-state index is 11.6. The number of rotatable bonds is 8. The Morgan fingerprint density at radius 1 is 1.38 bits per heavy atom. The van der Waals surface area contributed by atoms with E-state index in [9.17, 15) is 9.90 Å². The van der Waals surface area contributed by atoms with E-state index in [-0.39, 0.29) is 19.1 Å². The van der Waals surface area contributed by atoms with Gasteiger partial charge in [-0.1, -0.05) is 56.8 Å². The molecule has 0 saturated carbocycles. The molecular weight excluding hydrogens is 302 g/mol. The molecule has 0 fully saturated rings. The Balaban J connectivity index is 2.86. The summed E-state index contributed by atoms with van der Waals surface area (Å²) in [7, 11) is 0. The lowest BCUT2D eigenvalue weighted by Crippen LogP contribution is -2.44. The maximum Gasteiger partial charge on any atom is 0.335 e. The number of ether oxygens (including phenoxy) is 1. The van der Waals surface area contributed by atoms with Crippen molar-refractivity contribution in [3.05, 3.63) is 54.1 Å². The van der Waals surface area contributed by atoms with E-state index in [4.69, 9.17) is 10.5 Å². The van der Waals surface area contributed by atoms with Gasteiger partial charge in [0.25, 0.3) is 0 Å². The number of carbonyl (C=O) groups is 1. The molecule has 0 aromatic heterocycles.